The van der Waals surface area contributed by atoms with Crippen LogP contribution in [0, 0.1) is 10.1 Å². The van der Waals surface area contributed by atoms with Crippen LogP contribution in [-0.4, -0.2) is 17.8 Å². The number of non-ortho nitro benzene ring substituents is 1. The second-order valence-electron chi connectivity index (χ2n) is 6.41. The first-order valence-corrected chi connectivity index (χ1v) is 8.27. The summed E-state index contributed by atoms with van der Waals surface area (Å²) < 4.78 is 11.4. The smallest absolute Gasteiger partial charge is 0.270 e. The average Bonchev–Trinajstić information content (AvgIpc) is 3.00. The standard InChI is InChI=1S/C19H17NO5/c1-24-17-9-7-14(11-2-5-13(21)6-3-11)18-15-10-12(20(22)23)4-8-16(15)25-19(17)18/h4,7-11H,2-3,5-6H2,1H3. The van der Waals surface area contributed by atoms with Crippen molar-refractivity contribution in [3.8, 4) is 5.75 Å². The van der Waals surface area contributed by atoms with Crippen molar-refractivity contribution in [2.45, 2.75) is 31.6 Å². The van der Waals surface area contributed by atoms with Gasteiger partial charge >= 0.3 is 0 Å². The van der Waals surface area contributed by atoms with E-state index in [0.29, 0.717) is 35.5 Å². The number of methoxy groups -OCH3 is 1. The van der Waals surface area contributed by atoms with E-state index in [1.54, 1.807) is 19.2 Å². The highest BCUT2D eigenvalue weighted by Gasteiger charge is 2.25. The van der Waals surface area contributed by atoms with E-state index in [0.717, 1.165) is 29.2 Å². The molecule has 0 aliphatic heterocycles. The molecule has 0 spiro atoms. The summed E-state index contributed by atoms with van der Waals surface area (Å²) in [5, 5.41) is 12.7. The van der Waals surface area contributed by atoms with Crippen LogP contribution in [0.15, 0.2) is 34.7 Å². The van der Waals surface area contributed by atoms with Crippen molar-refractivity contribution in [1.82, 2.24) is 0 Å². The van der Waals surface area contributed by atoms with Crippen molar-refractivity contribution in [2.75, 3.05) is 7.11 Å². The molecule has 4 rings (SSSR count). The third-order valence-corrected chi connectivity index (χ3v) is 5.01. The number of nitrogens with zero attached hydrogens (tertiary/aromatic N) is 1. The number of benzene rings is 2. The van der Waals surface area contributed by atoms with Gasteiger partial charge in [0.05, 0.1) is 12.0 Å². The van der Waals surface area contributed by atoms with Gasteiger partial charge in [0.2, 0.25) is 0 Å². The first kappa shape index (κ1) is 15.6. The maximum atomic E-state index is 11.6. The number of hydrogen-bond donors (Lipinski definition) is 0. The van der Waals surface area contributed by atoms with Gasteiger partial charge in [-0.3, -0.25) is 14.9 Å². The zero-order valence-electron chi connectivity index (χ0n) is 13.8. The van der Waals surface area contributed by atoms with Crippen molar-refractivity contribution < 1.29 is 18.9 Å². The van der Waals surface area contributed by atoms with E-state index in [4.69, 9.17) is 9.15 Å². The van der Waals surface area contributed by atoms with Crippen molar-refractivity contribution in [3.05, 3.63) is 46.0 Å². The Morgan fingerprint density at radius 3 is 2.64 bits per heavy atom. The number of Topliss-reactive ketones (excluding diaryl/α,β-unsaturated/α-hetero) is 1. The number of furan rings is 1. The number of rotatable bonds is 3. The van der Waals surface area contributed by atoms with Crippen LogP contribution in [0.25, 0.3) is 21.9 Å². The molecule has 6 heteroatoms. The topological polar surface area (TPSA) is 82.6 Å². The van der Waals surface area contributed by atoms with Gasteiger partial charge in [-0.05, 0) is 36.5 Å². The fourth-order valence-electron chi connectivity index (χ4n) is 3.74. The van der Waals surface area contributed by atoms with E-state index in [9.17, 15) is 14.9 Å². The highest BCUT2D eigenvalue weighted by Crippen LogP contribution is 2.43. The maximum absolute atomic E-state index is 11.6. The lowest BCUT2D eigenvalue weighted by Crippen LogP contribution is -2.12. The lowest BCUT2D eigenvalue weighted by Gasteiger charge is -2.22. The lowest BCUT2D eigenvalue weighted by atomic mass is 9.82. The second-order valence-corrected chi connectivity index (χ2v) is 6.41. The Morgan fingerprint density at radius 1 is 1.20 bits per heavy atom. The molecule has 0 atom stereocenters. The Morgan fingerprint density at radius 2 is 1.96 bits per heavy atom. The average molecular weight is 339 g/mol. The predicted octanol–water partition coefficient (Wildman–Crippen LogP) is 4.73. The molecular formula is C19H17NO5. The molecule has 0 radical (unpaired) electrons. The van der Waals surface area contributed by atoms with Gasteiger partial charge in [0, 0.05) is 35.7 Å². The number of fused-ring (bicyclic) bond motifs is 3. The Balaban J connectivity index is 1.98. The van der Waals surface area contributed by atoms with Crippen LogP contribution >= 0.6 is 0 Å². The second kappa shape index (κ2) is 5.88. The molecule has 0 bridgehead atoms. The Hall–Kier alpha value is -2.89. The van der Waals surface area contributed by atoms with Gasteiger partial charge in [0.15, 0.2) is 11.3 Å². The van der Waals surface area contributed by atoms with E-state index in [-0.39, 0.29) is 11.6 Å². The van der Waals surface area contributed by atoms with E-state index in [1.165, 1.54) is 6.07 Å². The SMILES string of the molecule is COc1ccc(C2CCC(=O)CC2)c2c1oc1ccc([N+](=O)[O-])cc12. The third-order valence-electron chi connectivity index (χ3n) is 5.01. The summed E-state index contributed by atoms with van der Waals surface area (Å²) in [7, 11) is 1.57. The van der Waals surface area contributed by atoms with E-state index < -0.39 is 4.92 Å². The Bertz CT molecular complexity index is 994. The molecule has 1 fully saturated rings. The highest BCUT2D eigenvalue weighted by molar-refractivity contribution is 6.09. The molecule has 128 valence electrons. The summed E-state index contributed by atoms with van der Waals surface area (Å²) in [6, 6.07) is 8.48. The number of carbonyl (C=O) groups is 1. The number of hydrogen-bond acceptors (Lipinski definition) is 5. The lowest BCUT2D eigenvalue weighted by molar-refractivity contribution is -0.384. The molecule has 1 saturated carbocycles. The van der Waals surface area contributed by atoms with Crippen molar-refractivity contribution in [3.63, 3.8) is 0 Å². The first-order chi connectivity index (χ1) is 12.1. The van der Waals surface area contributed by atoms with Crippen LogP contribution in [0.1, 0.15) is 37.2 Å². The summed E-state index contributed by atoms with van der Waals surface area (Å²) in [5.41, 5.74) is 2.30. The van der Waals surface area contributed by atoms with E-state index >= 15 is 0 Å². The molecule has 1 aromatic heterocycles. The fourth-order valence-corrected chi connectivity index (χ4v) is 3.74. The largest absolute Gasteiger partial charge is 0.493 e. The first-order valence-electron chi connectivity index (χ1n) is 8.27. The van der Waals surface area contributed by atoms with Crippen molar-refractivity contribution in [1.29, 1.82) is 0 Å². The summed E-state index contributed by atoms with van der Waals surface area (Å²) in [6.07, 6.45) is 2.74. The quantitative estimate of drug-likeness (QED) is 0.509. The molecule has 1 aliphatic rings. The molecule has 25 heavy (non-hydrogen) atoms. The van der Waals surface area contributed by atoms with Gasteiger partial charge in [-0.15, -0.1) is 0 Å². The van der Waals surface area contributed by atoms with Crippen LogP contribution in [-0.2, 0) is 4.79 Å². The summed E-state index contributed by atoms with van der Waals surface area (Å²) in [4.78, 5) is 22.3. The van der Waals surface area contributed by atoms with E-state index in [1.807, 2.05) is 12.1 Å². The number of nitro benzene ring substituents is 1. The number of carbonyl (C=O) groups excluding carboxylic acids is 1. The normalized spacial score (nSPS) is 15.8. The van der Waals surface area contributed by atoms with Gasteiger partial charge in [-0.25, -0.2) is 0 Å². The molecule has 0 unspecified atom stereocenters. The molecule has 3 aromatic rings. The van der Waals surface area contributed by atoms with Crippen LogP contribution in [0.2, 0.25) is 0 Å². The number of ether oxygens (including phenoxy) is 1. The maximum Gasteiger partial charge on any atom is 0.270 e. The fraction of sp³-hybridized carbons (Fsp3) is 0.316. The number of nitro groups is 1. The molecule has 0 N–H and O–H groups in total. The van der Waals surface area contributed by atoms with Crippen molar-refractivity contribution >= 4 is 33.4 Å². The minimum absolute atomic E-state index is 0.0304. The van der Waals surface area contributed by atoms with Gasteiger partial charge in [-0.2, -0.15) is 0 Å². The highest BCUT2D eigenvalue weighted by atomic mass is 16.6. The zero-order valence-corrected chi connectivity index (χ0v) is 13.8. The molecule has 1 heterocycles. The molecule has 0 saturated heterocycles. The van der Waals surface area contributed by atoms with E-state index in [2.05, 4.69) is 0 Å². The minimum atomic E-state index is -0.405. The van der Waals surface area contributed by atoms with Crippen molar-refractivity contribution in [2.24, 2.45) is 0 Å². The molecular weight excluding hydrogens is 322 g/mol. The summed E-state index contributed by atoms with van der Waals surface area (Å²) >= 11 is 0. The third kappa shape index (κ3) is 2.54. The molecule has 1 aliphatic carbocycles. The summed E-state index contributed by atoms with van der Waals surface area (Å²) in [5.74, 6) is 1.14. The summed E-state index contributed by atoms with van der Waals surface area (Å²) in [6.45, 7) is 0. The van der Waals surface area contributed by atoms with Crippen LogP contribution in [0.3, 0.4) is 0 Å². The van der Waals surface area contributed by atoms with Gasteiger partial charge in [-0.1, -0.05) is 6.07 Å². The van der Waals surface area contributed by atoms with Crippen LogP contribution in [0.5, 0.6) is 5.75 Å². The monoisotopic (exact) mass is 339 g/mol. The zero-order chi connectivity index (χ0) is 17.6. The van der Waals surface area contributed by atoms with Crippen LogP contribution < -0.4 is 4.74 Å². The number of ketones is 1. The molecule has 0 amide bonds. The predicted molar refractivity (Wildman–Crippen MR) is 93.1 cm³/mol. The van der Waals surface area contributed by atoms with Crippen LogP contribution in [0.4, 0.5) is 5.69 Å². The Kier molecular flexibility index (Phi) is 3.67. The van der Waals surface area contributed by atoms with Gasteiger partial charge < -0.3 is 9.15 Å². The minimum Gasteiger partial charge on any atom is -0.493 e. The Labute approximate surface area is 143 Å². The molecule has 2 aromatic carbocycles. The molecule has 6 nitrogen and oxygen atoms in total. The van der Waals surface area contributed by atoms with Gasteiger partial charge in [0.25, 0.3) is 5.69 Å². The van der Waals surface area contributed by atoms with Gasteiger partial charge in [0.1, 0.15) is 11.4 Å².